The van der Waals surface area contributed by atoms with Gasteiger partial charge < -0.3 is 10.1 Å². The van der Waals surface area contributed by atoms with E-state index in [1.807, 2.05) is 0 Å². The molecule has 0 fully saturated rings. The minimum absolute atomic E-state index is 0.00825. The normalized spacial score (nSPS) is 11.6. The summed E-state index contributed by atoms with van der Waals surface area (Å²) in [5.41, 5.74) is -0.595. The number of nitrogens with one attached hydrogen (secondary N) is 1. The van der Waals surface area contributed by atoms with Crippen LogP contribution in [0, 0.1) is 17.5 Å². The fraction of sp³-hybridized carbons (Fsp3) is 0.278. The molecule has 0 aliphatic heterocycles. The summed E-state index contributed by atoms with van der Waals surface area (Å²) in [6.07, 6.45) is 0.391. The Labute approximate surface area is 174 Å². The van der Waals surface area contributed by atoms with Crippen molar-refractivity contribution in [3.8, 4) is 5.75 Å². The van der Waals surface area contributed by atoms with Gasteiger partial charge in [-0.15, -0.1) is 0 Å². The Kier molecular flexibility index (Phi) is 7.66. The highest BCUT2D eigenvalue weighted by atomic mass is 79.9. The van der Waals surface area contributed by atoms with Crippen LogP contribution in [0.1, 0.15) is 13.3 Å². The number of carbonyl (C=O) groups excluding carboxylic acids is 1. The van der Waals surface area contributed by atoms with Crippen LogP contribution in [-0.2, 0) is 14.8 Å². The first-order valence-electron chi connectivity index (χ1n) is 8.38. The molecule has 0 heterocycles. The molecule has 0 atom stereocenters. The molecule has 0 aliphatic carbocycles. The third-order valence-electron chi connectivity index (χ3n) is 3.85. The van der Waals surface area contributed by atoms with Crippen LogP contribution >= 0.6 is 15.9 Å². The predicted molar refractivity (Wildman–Crippen MR) is 105 cm³/mol. The molecule has 29 heavy (non-hydrogen) atoms. The van der Waals surface area contributed by atoms with E-state index < -0.39 is 45.6 Å². The van der Waals surface area contributed by atoms with Crippen LogP contribution in [0.25, 0.3) is 0 Å². The van der Waals surface area contributed by atoms with Gasteiger partial charge in [-0.1, -0.05) is 22.9 Å². The van der Waals surface area contributed by atoms with Gasteiger partial charge >= 0.3 is 0 Å². The van der Waals surface area contributed by atoms with Crippen LogP contribution in [-0.4, -0.2) is 38.8 Å². The Bertz CT molecular complexity index is 1020. The molecule has 158 valence electrons. The predicted octanol–water partition coefficient (Wildman–Crippen LogP) is 3.91. The summed E-state index contributed by atoms with van der Waals surface area (Å²) in [5, 5.41) is 2.06. The van der Waals surface area contributed by atoms with Gasteiger partial charge in [0, 0.05) is 11.0 Å². The van der Waals surface area contributed by atoms with Gasteiger partial charge in [0.2, 0.25) is 15.9 Å². The zero-order valence-corrected chi connectivity index (χ0v) is 17.9. The maximum atomic E-state index is 13.8. The van der Waals surface area contributed by atoms with E-state index in [-0.39, 0.29) is 17.2 Å². The molecule has 0 radical (unpaired) electrons. The fourth-order valence-corrected chi connectivity index (χ4v) is 4.68. The van der Waals surface area contributed by atoms with Crippen LogP contribution in [0.4, 0.5) is 18.9 Å². The molecule has 11 heteroatoms. The number of carbonyl (C=O) groups is 1. The van der Waals surface area contributed by atoms with Crippen LogP contribution in [0.15, 0.2) is 39.7 Å². The number of amides is 1. The van der Waals surface area contributed by atoms with Gasteiger partial charge in [-0.05, 0) is 36.8 Å². The maximum Gasteiger partial charge on any atom is 0.247 e. The van der Waals surface area contributed by atoms with Crippen molar-refractivity contribution < 1.29 is 31.1 Å². The Morgan fingerprint density at radius 1 is 1.17 bits per heavy atom. The van der Waals surface area contributed by atoms with Crippen molar-refractivity contribution >= 4 is 37.5 Å². The molecule has 1 N–H and O–H groups in total. The monoisotopic (exact) mass is 494 g/mol. The summed E-state index contributed by atoms with van der Waals surface area (Å²) in [6.45, 7) is 1.05. The molecule has 2 aromatic rings. The lowest BCUT2D eigenvalue weighted by Crippen LogP contribution is -2.38. The second kappa shape index (κ2) is 9.59. The summed E-state index contributed by atoms with van der Waals surface area (Å²) < 4.78 is 72.7. The second-order valence-electron chi connectivity index (χ2n) is 5.90. The molecule has 2 aromatic carbocycles. The molecule has 0 saturated heterocycles. The van der Waals surface area contributed by atoms with Gasteiger partial charge in [-0.3, -0.25) is 4.79 Å². The zero-order chi connectivity index (χ0) is 21.8. The summed E-state index contributed by atoms with van der Waals surface area (Å²) in [5.74, 6) is -5.55. The smallest absolute Gasteiger partial charge is 0.247 e. The SMILES string of the molecule is CCCN(CC(=O)Nc1ccc(F)c(F)c1F)S(=O)(=O)c1cc(Br)ccc1OC. The lowest BCUT2D eigenvalue weighted by atomic mass is 10.2. The largest absolute Gasteiger partial charge is 0.495 e. The van der Waals surface area contributed by atoms with Crippen LogP contribution in [0.3, 0.4) is 0 Å². The van der Waals surface area contributed by atoms with Gasteiger partial charge in [-0.2, -0.15) is 4.31 Å². The molecule has 2 rings (SSSR count). The lowest BCUT2D eigenvalue weighted by molar-refractivity contribution is -0.116. The molecular formula is C18H18BrF3N2O4S. The minimum Gasteiger partial charge on any atom is -0.495 e. The quantitative estimate of drug-likeness (QED) is 0.564. The number of anilines is 1. The molecule has 0 spiro atoms. The van der Waals surface area contributed by atoms with Gasteiger partial charge in [0.15, 0.2) is 17.5 Å². The van der Waals surface area contributed by atoms with Crippen molar-refractivity contribution in [3.05, 3.63) is 52.3 Å². The van der Waals surface area contributed by atoms with E-state index in [0.717, 1.165) is 10.4 Å². The van der Waals surface area contributed by atoms with Gasteiger partial charge in [0.05, 0.1) is 19.3 Å². The van der Waals surface area contributed by atoms with Crippen LogP contribution in [0.2, 0.25) is 0 Å². The number of sulfonamides is 1. The van der Waals surface area contributed by atoms with Crippen LogP contribution < -0.4 is 10.1 Å². The zero-order valence-electron chi connectivity index (χ0n) is 15.5. The summed E-state index contributed by atoms with van der Waals surface area (Å²) in [7, 11) is -2.84. The van der Waals surface area contributed by atoms with E-state index in [4.69, 9.17) is 4.74 Å². The third-order valence-corrected chi connectivity index (χ3v) is 6.21. The van der Waals surface area contributed by atoms with E-state index in [2.05, 4.69) is 21.2 Å². The van der Waals surface area contributed by atoms with E-state index >= 15 is 0 Å². The summed E-state index contributed by atoms with van der Waals surface area (Å²) in [4.78, 5) is 12.1. The molecule has 0 bridgehead atoms. The Hall–Kier alpha value is -2.11. The number of hydrogen-bond donors (Lipinski definition) is 1. The van der Waals surface area contributed by atoms with E-state index in [9.17, 15) is 26.4 Å². The number of hydrogen-bond acceptors (Lipinski definition) is 4. The van der Waals surface area contributed by atoms with Crippen molar-refractivity contribution in [2.75, 3.05) is 25.5 Å². The second-order valence-corrected chi connectivity index (χ2v) is 8.73. The number of halogens is 4. The third kappa shape index (κ3) is 5.28. The van der Waals surface area contributed by atoms with Gasteiger partial charge in [0.1, 0.15) is 10.6 Å². The van der Waals surface area contributed by atoms with Gasteiger partial charge in [0.25, 0.3) is 0 Å². The fourth-order valence-electron chi connectivity index (χ4n) is 2.50. The number of nitrogens with zero attached hydrogens (tertiary/aromatic N) is 1. The molecule has 6 nitrogen and oxygen atoms in total. The van der Waals surface area contributed by atoms with E-state index in [0.29, 0.717) is 17.0 Å². The summed E-state index contributed by atoms with van der Waals surface area (Å²) in [6, 6.07) is 5.89. The van der Waals surface area contributed by atoms with Crippen molar-refractivity contribution in [2.45, 2.75) is 18.2 Å². The molecule has 1 amide bonds. The number of ether oxygens (including phenoxy) is 1. The van der Waals surface area contributed by atoms with Crippen molar-refractivity contribution in [2.24, 2.45) is 0 Å². The Morgan fingerprint density at radius 3 is 2.48 bits per heavy atom. The molecule has 0 aromatic heterocycles. The first-order chi connectivity index (χ1) is 13.6. The summed E-state index contributed by atoms with van der Waals surface area (Å²) >= 11 is 3.20. The van der Waals surface area contributed by atoms with Crippen molar-refractivity contribution in [1.82, 2.24) is 4.31 Å². The average Bonchev–Trinajstić information content (AvgIpc) is 2.68. The number of benzene rings is 2. The topological polar surface area (TPSA) is 75.7 Å². The van der Waals surface area contributed by atoms with E-state index in [1.54, 1.807) is 13.0 Å². The Morgan fingerprint density at radius 2 is 1.86 bits per heavy atom. The standard InChI is InChI=1S/C18H18BrF3N2O4S/c1-3-8-24(29(26,27)15-9-11(19)4-7-14(15)28-2)10-16(25)23-13-6-5-12(20)17(21)18(13)22/h4-7,9H,3,8,10H2,1-2H3,(H,23,25). The highest BCUT2D eigenvalue weighted by Gasteiger charge is 2.29. The first kappa shape index (κ1) is 23.2. The molecule has 0 aliphatic rings. The Balaban J connectivity index is 2.31. The van der Waals surface area contributed by atoms with Crippen LogP contribution in [0.5, 0.6) is 5.75 Å². The first-order valence-corrected chi connectivity index (χ1v) is 10.6. The maximum absolute atomic E-state index is 13.8. The van der Waals surface area contributed by atoms with Gasteiger partial charge in [-0.25, -0.2) is 21.6 Å². The lowest BCUT2D eigenvalue weighted by Gasteiger charge is -2.22. The highest BCUT2D eigenvalue weighted by molar-refractivity contribution is 9.10. The number of rotatable bonds is 8. The average molecular weight is 495 g/mol. The minimum atomic E-state index is -4.15. The number of methoxy groups -OCH3 is 1. The molecule has 0 saturated carbocycles. The van der Waals surface area contributed by atoms with Crippen molar-refractivity contribution in [1.29, 1.82) is 0 Å². The molecule has 0 unspecified atom stereocenters. The molecular weight excluding hydrogens is 477 g/mol. The van der Waals surface area contributed by atoms with Crippen molar-refractivity contribution in [3.63, 3.8) is 0 Å². The van der Waals surface area contributed by atoms with E-state index in [1.165, 1.54) is 19.2 Å². The highest BCUT2D eigenvalue weighted by Crippen LogP contribution is 2.30.